The zero-order chi connectivity index (χ0) is 31.3. The van der Waals surface area contributed by atoms with Crippen LogP contribution in [0.2, 0.25) is 0 Å². The Morgan fingerprint density at radius 3 is 2.41 bits per heavy atom. The molecular formula is C35H41N3O5S. The molecule has 0 aliphatic carbocycles. The van der Waals surface area contributed by atoms with Gasteiger partial charge in [-0.25, -0.2) is 4.98 Å². The average Bonchev–Trinajstić information content (AvgIpc) is 3.39. The van der Waals surface area contributed by atoms with Crippen LogP contribution in [0.15, 0.2) is 84.0 Å². The molecule has 0 radical (unpaired) electrons. The summed E-state index contributed by atoms with van der Waals surface area (Å²) < 4.78 is 32.0. The van der Waals surface area contributed by atoms with Crippen LogP contribution in [0.25, 0.3) is 17.2 Å². The zero-order valence-corrected chi connectivity index (χ0v) is 26.7. The molecule has 1 amide bonds. The highest BCUT2D eigenvalue weighted by Crippen LogP contribution is 2.29. The number of carbonyl (C=O) groups is 1. The maximum absolute atomic E-state index is 13.0. The van der Waals surface area contributed by atoms with E-state index in [0.717, 1.165) is 53.4 Å². The fraction of sp³-hybridized carbons (Fsp3) is 0.314. The third-order valence-corrected chi connectivity index (χ3v) is 8.24. The Hall–Kier alpha value is -4.05. The lowest BCUT2D eigenvalue weighted by Crippen LogP contribution is -2.11. The van der Waals surface area contributed by atoms with Gasteiger partial charge in [0.15, 0.2) is 10.6 Å². The van der Waals surface area contributed by atoms with Gasteiger partial charge in [0, 0.05) is 30.5 Å². The van der Waals surface area contributed by atoms with Crippen LogP contribution in [0.5, 0.6) is 11.5 Å². The number of imidazole rings is 1. The Kier molecular flexibility index (Phi) is 12.5. The van der Waals surface area contributed by atoms with Crippen LogP contribution in [0.4, 0.5) is 5.69 Å². The minimum Gasteiger partial charge on any atom is -0.611 e. The van der Waals surface area contributed by atoms with E-state index in [1.807, 2.05) is 67.8 Å². The van der Waals surface area contributed by atoms with Crippen molar-refractivity contribution < 1.29 is 23.6 Å². The molecule has 1 heterocycles. The number of hydrogen-bond donors (Lipinski definition) is 1. The number of nitrogens with one attached hydrogen (secondary N) is 1. The van der Waals surface area contributed by atoms with Crippen LogP contribution < -0.4 is 14.8 Å². The molecule has 0 fully saturated rings. The Morgan fingerprint density at radius 2 is 1.70 bits per heavy atom. The summed E-state index contributed by atoms with van der Waals surface area (Å²) in [4.78, 5) is 17.8. The number of aryl methyl sites for hydroxylation is 2. The average molecular weight is 616 g/mol. The SMILES string of the molecule is CCCOCCOc1ccc(-c2ccc(OCC)c(/C=C/C(=O)Nc3ccc([S+]([O-])Cc4c(C)ncn4CC)cc3)c2)cc1. The number of carbonyl (C=O) groups excluding carboxylic acids is 1. The summed E-state index contributed by atoms with van der Waals surface area (Å²) in [5.41, 5.74) is 5.29. The number of rotatable bonds is 16. The first-order chi connectivity index (χ1) is 21.4. The van der Waals surface area contributed by atoms with Gasteiger partial charge >= 0.3 is 0 Å². The highest BCUT2D eigenvalue weighted by Gasteiger charge is 2.17. The molecular weight excluding hydrogens is 574 g/mol. The van der Waals surface area contributed by atoms with Crippen molar-refractivity contribution in [3.8, 4) is 22.6 Å². The van der Waals surface area contributed by atoms with Crippen LogP contribution in [0, 0.1) is 6.92 Å². The van der Waals surface area contributed by atoms with Gasteiger partial charge in [0.2, 0.25) is 5.91 Å². The molecule has 4 aromatic rings. The van der Waals surface area contributed by atoms with Crippen molar-refractivity contribution in [2.75, 3.05) is 31.7 Å². The van der Waals surface area contributed by atoms with Gasteiger partial charge in [0.05, 0.1) is 30.9 Å². The number of nitrogens with zero attached hydrogens (tertiary/aromatic N) is 2. The molecule has 9 heteroatoms. The van der Waals surface area contributed by atoms with E-state index in [0.29, 0.717) is 41.9 Å². The number of aromatic nitrogens is 2. The number of benzene rings is 3. The second kappa shape index (κ2) is 16.7. The first kappa shape index (κ1) is 32.9. The fourth-order valence-electron chi connectivity index (χ4n) is 4.57. The standard InChI is InChI=1S/C35H41N3O5S/c1-5-20-41-21-22-43-31-14-8-27(9-15-31)28-10-18-34(42-7-3)29(23-28)11-19-35(39)37-30-12-16-32(17-13-30)44(40)24-33-26(4)36-25-38(33)6-2/h8-19,23,25H,5-7,20-22,24H2,1-4H3,(H,37,39)/b19-11+. The van der Waals surface area contributed by atoms with Gasteiger partial charge in [-0.2, -0.15) is 0 Å². The van der Waals surface area contributed by atoms with Gasteiger partial charge in [-0.05, 0) is 104 Å². The van der Waals surface area contributed by atoms with Gasteiger partial charge in [-0.3, -0.25) is 4.79 Å². The minimum atomic E-state index is -1.23. The summed E-state index contributed by atoms with van der Waals surface area (Å²) in [6.07, 6.45) is 6.01. The third kappa shape index (κ3) is 9.22. The van der Waals surface area contributed by atoms with E-state index in [2.05, 4.69) is 17.2 Å². The molecule has 1 atom stereocenters. The highest BCUT2D eigenvalue weighted by molar-refractivity contribution is 7.90. The molecule has 44 heavy (non-hydrogen) atoms. The largest absolute Gasteiger partial charge is 0.611 e. The van der Waals surface area contributed by atoms with Crippen molar-refractivity contribution in [3.05, 3.63) is 96.1 Å². The van der Waals surface area contributed by atoms with E-state index in [-0.39, 0.29) is 5.91 Å². The molecule has 0 bridgehead atoms. The van der Waals surface area contributed by atoms with Crippen molar-refractivity contribution in [2.45, 2.75) is 51.3 Å². The normalized spacial score (nSPS) is 11.9. The number of amides is 1. The van der Waals surface area contributed by atoms with Gasteiger partial charge in [0.25, 0.3) is 0 Å². The lowest BCUT2D eigenvalue weighted by atomic mass is 10.0. The van der Waals surface area contributed by atoms with Crippen molar-refractivity contribution in [1.82, 2.24) is 9.55 Å². The molecule has 0 aliphatic heterocycles. The van der Waals surface area contributed by atoms with E-state index >= 15 is 0 Å². The Morgan fingerprint density at radius 1 is 0.955 bits per heavy atom. The van der Waals surface area contributed by atoms with Crippen molar-refractivity contribution in [2.24, 2.45) is 0 Å². The second-order valence-electron chi connectivity index (χ2n) is 10.1. The quantitative estimate of drug-likeness (QED) is 0.0825. The number of ether oxygens (including phenoxy) is 3. The second-order valence-corrected chi connectivity index (χ2v) is 11.5. The topological polar surface area (TPSA) is 97.7 Å². The summed E-state index contributed by atoms with van der Waals surface area (Å²) in [6.45, 7) is 11.1. The van der Waals surface area contributed by atoms with Gasteiger partial charge < -0.3 is 28.6 Å². The maximum Gasteiger partial charge on any atom is 0.248 e. The number of hydrogen-bond acceptors (Lipinski definition) is 6. The van der Waals surface area contributed by atoms with Crippen LogP contribution in [-0.2, 0) is 33.0 Å². The predicted molar refractivity (Wildman–Crippen MR) is 177 cm³/mol. The first-order valence-corrected chi connectivity index (χ1v) is 16.3. The van der Waals surface area contributed by atoms with E-state index in [1.165, 1.54) is 6.08 Å². The van der Waals surface area contributed by atoms with E-state index in [4.69, 9.17) is 14.2 Å². The van der Waals surface area contributed by atoms with E-state index < -0.39 is 11.2 Å². The maximum atomic E-state index is 13.0. The highest BCUT2D eigenvalue weighted by atomic mass is 32.2. The third-order valence-electron chi connectivity index (χ3n) is 6.90. The molecule has 0 saturated heterocycles. The molecule has 1 aromatic heterocycles. The van der Waals surface area contributed by atoms with E-state index in [1.54, 1.807) is 36.7 Å². The lowest BCUT2D eigenvalue weighted by molar-refractivity contribution is -0.111. The van der Waals surface area contributed by atoms with Crippen LogP contribution in [-0.4, -0.2) is 46.4 Å². The molecule has 1 unspecified atom stereocenters. The predicted octanol–water partition coefficient (Wildman–Crippen LogP) is 7.04. The van der Waals surface area contributed by atoms with Crippen molar-refractivity contribution in [1.29, 1.82) is 0 Å². The Bertz CT molecular complexity index is 1520. The van der Waals surface area contributed by atoms with Crippen LogP contribution in [0.1, 0.15) is 44.1 Å². The molecule has 1 N–H and O–H groups in total. The van der Waals surface area contributed by atoms with Crippen molar-refractivity contribution in [3.63, 3.8) is 0 Å². The smallest absolute Gasteiger partial charge is 0.248 e. The molecule has 8 nitrogen and oxygen atoms in total. The first-order valence-electron chi connectivity index (χ1n) is 15.0. The zero-order valence-electron chi connectivity index (χ0n) is 25.9. The van der Waals surface area contributed by atoms with Crippen LogP contribution >= 0.6 is 0 Å². The number of anilines is 1. The summed E-state index contributed by atoms with van der Waals surface area (Å²) in [6, 6.07) is 20.9. The minimum absolute atomic E-state index is 0.279. The molecule has 0 saturated carbocycles. The molecule has 4 rings (SSSR count). The monoisotopic (exact) mass is 615 g/mol. The van der Waals surface area contributed by atoms with Crippen LogP contribution in [0.3, 0.4) is 0 Å². The molecule has 0 aliphatic rings. The Labute approximate surface area is 263 Å². The summed E-state index contributed by atoms with van der Waals surface area (Å²) in [5, 5.41) is 2.88. The summed E-state index contributed by atoms with van der Waals surface area (Å²) in [7, 11) is 0. The molecule has 3 aromatic carbocycles. The summed E-state index contributed by atoms with van der Waals surface area (Å²) in [5.74, 6) is 1.59. The van der Waals surface area contributed by atoms with E-state index in [9.17, 15) is 9.35 Å². The molecule has 0 spiro atoms. The summed E-state index contributed by atoms with van der Waals surface area (Å²) >= 11 is -1.23. The van der Waals surface area contributed by atoms with Gasteiger partial charge in [-0.1, -0.05) is 25.1 Å². The molecule has 232 valence electrons. The van der Waals surface area contributed by atoms with Crippen molar-refractivity contribution >= 4 is 28.8 Å². The fourth-order valence-corrected chi connectivity index (χ4v) is 5.80. The Balaban J connectivity index is 1.38. The van der Waals surface area contributed by atoms with Gasteiger partial charge in [-0.15, -0.1) is 0 Å². The van der Waals surface area contributed by atoms with Gasteiger partial charge in [0.1, 0.15) is 18.1 Å². The lowest BCUT2D eigenvalue weighted by Gasteiger charge is -2.13.